The van der Waals surface area contributed by atoms with Crippen molar-refractivity contribution in [2.24, 2.45) is 0 Å². The third-order valence-corrected chi connectivity index (χ3v) is 6.77. The van der Waals surface area contributed by atoms with E-state index >= 15 is 0 Å². The van der Waals surface area contributed by atoms with E-state index in [-0.39, 0.29) is 22.3 Å². The zero-order chi connectivity index (χ0) is 21.9. The lowest BCUT2D eigenvalue weighted by atomic mass is 10.2. The van der Waals surface area contributed by atoms with E-state index in [4.69, 9.17) is 11.6 Å². The first kappa shape index (κ1) is 22.0. The number of aryl methyl sites for hydroxylation is 2. The van der Waals surface area contributed by atoms with Crippen molar-refractivity contribution in [2.45, 2.75) is 24.5 Å². The van der Waals surface area contributed by atoms with E-state index < -0.39 is 20.0 Å². The van der Waals surface area contributed by atoms with E-state index in [1.165, 1.54) is 24.3 Å². The molecule has 158 valence electrons. The summed E-state index contributed by atoms with van der Waals surface area (Å²) in [6, 6.07) is 13.5. The molecule has 0 aliphatic carbocycles. The fraction of sp³-hybridized carbons (Fsp3) is 0.158. The molecule has 0 fully saturated rings. The van der Waals surface area contributed by atoms with Gasteiger partial charge in [-0.15, -0.1) is 0 Å². The number of nitrogens with zero attached hydrogens (tertiary/aromatic N) is 2. The summed E-state index contributed by atoms with van der Waals surface area (Å²) in [7, 11) is -7.61. The van der Waals surface area contributed by atoms with Gasteiger partial charge in [-0.25, -0.2) is 31.5 Å². The van der Waals surface area contributed by atoms with Crippen molar-refractivity contribution in [3.8, 4) is 0 Å². The van der Waals surface area contributed by atoms with Crippen molar-refractivity contribution in [3.63, 3.8) is 0 Å². The van der Waals surface area contributed by atoms with Gasteiger partial charge in [0, 0.05) is 22.1 Å². The van der Waals surface area contributed by atoms with Gasteiger partial charge >= 0.3 is 0 Å². The predicted molar refractivity (Wildman–Crippen MR) is 116 cm³/mol. The molecule has 8 nitrogen and oxygen atoms in total. The fourth-order valence-electron chi connectivity index (χ4n) is 2.67. The van der Waals surface area contributed by atoms with Crippen LogP contribution in [0.1, 0.15) is 17.0 Å². The van der Waals surface area contributed by atoms with Gasteiger partial charge in [0.2, 0.25) is 16.0 Å². The number of halogens is 1. The van der Waals surface area contributed by atoms with Crippen LogP contribution in [0.25, 0.3) is 0 Å². The van der Waals surface area contributed by atoms with Crippen molar-refractivity contribution in [3.05, 3.63) is 76.6 Å². The monoisotopic (exact) mass is 466 g/mol. The molecule has 30 heavy (non-hydrogen) atoms. The summed E-state index contributed by atoms with van der Waals surface area (Å²) in [6.07, 6.45) is 0. The molecule has 0 aliphatic heterocycles. The molecule has 0 amide bonds. The molecule has 1 heterocycles. The lowest BCUT2D eigenvalue weighted by molar-refractivity contribution is 0.599. The molecule has 3 aromatic rings. The predicted octanol–water partition coefficient (Wildman–Crippen LogP) is 3.49. The van der Waals surface area contributed by atoms with Gasteiger partial charge in [-0.1, -0.05) is 23.7 Å². The molecular weight excluding hydrogens is 448 g/mol. The van der Waals surface area contributed by atoms with Crippen molar-refractivity contribution in [1.82, 2.24) is 9.97 Å². The lowest BCUT2D eigenvalue weighted by Gasteiger charge is -2.10. The Hall–Kier alpha value is -2.69. The zero-order valence-corrected chi connectivity index (χ0v) is 18.5. The number of hydrogen-bond acceptors (Lipinski definition) is 6. The van der Waals surface area contributed by atoms with Crippen molar-refractivity contribution in [1.29, 1.82) is 0 Å². The summed E-state index contributed by atoms with van der Waals surface area (Å²) < 4.78 is 54.5. The van der Waals surface area contributed by atoms with Crippen molar-refractivity contribution >= 4 is 43.3 Å². The highest BCUT2D eigenvalue weighted by atomic mass is 35.5. The second-order valence-electron chi connectivity index (χ2n) is 6.59. The molecule has 1 aromatic heterocycles. The quantitative estimate of drug-likeness (QED) is 0.550. The van der Waals surface area contributed by atoms with Gasteiger partial charge in [0.05, 0.1) is 10.6 Å². The third-order valence-electron chi connectivity index (χ3n) is 3.92. The smallest absolute Gasteiger partial charge is 0.264 e. The molecule has 0 unspecified atom stereocenters. The van der Waals surface area contributed by atoms with Crippen LogP contribution in [0.2, 0.25) is 5.02 Å². The average Bonchev–Trinajstić information content (AvgIpc) is 2.62. The Bertz CT molecular complexity index is 1240. The van der Waals surface area contributed by atoms with E-state index in [9.17, 15) is 16.8 Å². The summed E-state index contributed by atoms with van der Waals surface area (Å²) in [4.78, 5) is 8.06. The van der Waals surface area contributed by atoms with Crippen LogP contribution >= 0.6 is 11.6 Å². The Balaban J connectivity index is 1.72. The first-order valence-corrected chi connectivity index (χ1v) is 12.2. The number of nitrogens with one attached hydrogen (secondary N) is 2. The van der Waals surface area contributed by atoms with Crippen LogP contribution < -0.4 is 9.44 Å². The SMILES string of the molecule is Cc1cc(C)nc(NS(=O)(=O)c2ccc(NS(=O)(=O)Cc3ccc(Cl)cc3)cc2)n1. The van der Waals surface area contributed by atoms with Gasteiger partial charge in [-0.05, 0) is 61.9 Å². The van der Waals surface area contributed by atoms with Gasteiger partial charge in [0.1, 0.15) is 0 Å². The number of anilines is 2. The lowest BCUT2D eigenvalue weighted by Crippen LogP contribution is -2.17. The Morgan fingerprint density at radius 1 is 0.833 bits per heavy atom. The summed E-state index contributed by atoms with van der Waals surface area (Å²) in [5, 5.41) is 0.515. The molecule has 11 heteroatoms. The molecule has 2 aromatic carbocycles. The molecule has 0 saturated carbocycles. The van der Waals surface area contributed by atoms with Gasteiger partial charge < -0.3 is 0 Å². The number of hydrogen-bond donors (Lipinski definition) is 2. The molecule has 0 aliphatic rings. The number of aromatic nitrogens is 2. The van der Waals surface area contributed by atoms with E-state index in [0.717, 1.165) is 0 Å². The molecule has 0 radical (unpaired) electrons. The fourth-order valence-corrected chi connectivity index (χ4v) is 4.94. The van der Waals surface area contributed by atoms with Gasteiger partial charge in [0.25, 0.3) is 10.0 Å². The standard InChI is InChI=1S/C19H19ClN4O4S2/c1-13-11-14(2)22-19(21-13)24-30(27,28)18-9-7-17(8-10-18)23-29(25,26)12-15-3-5-16(20)6-4-15/h3-11,23H,12H2,1-2H3,(H,21,22,24). The molecule has 2 N–H and O–H groups in total. The van der Waals surface area contributed by atoms with Gasteiger partial charge in [0.15, 0.2) is 0 Å². The topological polar surface area (TPSA) is 118 Å². The molecule has 0 bridgehead atoms. The zero-order valence-electron chi connectivity index (χ0n) is 16.1. The van der Waals surface area contributed by atoms with Crippen molar-refractivity contribution < 1.29 is 16.8 Å². The first-order valence-electron chi connectivity index (χ1n) is 8.72. The van der Waals surface area contributed by atoms with Crippen LogP contribution in [0.4, 0.5) is 11.6 Å². The summed E-state index contributed by atoms with van der Waals surface area (Å²) >= 11 is 5.80. The molecular formula is C19H19ClN4O4S2. The molecule has 0 saturated heterocycles. The summed E-state index contributed by atoms with van der Waals surface area (Å²) in [6.45, 7) is 3.47. The molecule has 3 rings (SSSR count). The van der Waals surface area contributed by atoms with Crippen LogP contribution in [0.15, 0.2) is 59.5 Å². The second-order valence-corrected chi connectivity index (χ2v) is 10.4. The largest absolute Gasteiger partial charge is 0.283 e. The van der Waals surface area contributed by atoms with E-state index in [1.54, 1.807) is 44.2 Å². The maximum Gasteiger partial charge on any atom is 0.264 e. The van der Waals surface area contributed by atoms with E-state index in [2.05, 4.69) is 19.4 Å². The van der Waals surface area contributed by atoms with Gasteiger partial charge in [-0.3, -0.25) is 4.72 Å². The minimum atomic E-state index is -3.92. The minimum Gasteiger partial charge on any atom is -0.283 e. The average molecular weight is 467 g/mol. The number of rotatable bonds is 7. The van der Waals surface area contributed by atoms with Crippen molar-refractivity contribution in [2.75, 3.05) is 9.44 Å². The van der Waals surface area contributed by atoms with E-state index in [1.807, 2.05) is 0 Å². The highest BCUT2D eigenvalue weighted by molar-refractivity contribution is 7.92. The van der Waals surface area contributed by atoms with Crippen LogP contribution in [0.3, 0.4) is 0 Å². The van der Waals surface area contributed by atoms with Crippen LogP contribution in [0.5, 0.6) is 0 Å². The number of benzene rings is 2. The van der Waals surface area contributed by atoms with Crippen LogP contribution in [-0.4, -0.2) is 26.8 Å². The Morgan fingerprint density at radius 3 is 1.97 bits per heavy atom. The highest BCUT2D eigenvalue weighted by Crippen LogP contribution is 2.19. The van der Waals surface area contributed by atoms with Gasteiger partial charge in [-0.2, -0.15) is 0 Å². The Morgan fingerprint density at radius 2 is 1.40 bits per heavy atom. The van der Waals surface area contributed by atoms with Crippen LogP contribution in [-0.2, 0) is 25.8 Å². The molecule has 0 atom stereocenters. The normalized spacial score (nSPS) is 11.8. The molecule has 0 spiro atoms. The van der Waals surface area contributed by atoms with E-state index in [0.29, 0.717) is 22.0 Å². The first-order chi connectivity index (χ1) is 14.0. The Labute approximate surface area is 180 Å². The Kier molecular flexibility index (Phi) is 6.30. The highest BCUT2D eigenvalue weighted by Gasteiger charge is 2.17. The number of sulfonamides is 2. The summed E-state index contributed by atoms with van der Waals surface area (Å²) in [5.74, 6) is -0.268. The minimum absolute atomic E-state index is 0.0276. The summed E-state index contributed by atoms with van der Waals surface area (Å²) in [5.41, 5.74) is 2.07. The third kappa shape index (κ3) is 5.91. The maximum absolute atomic E-state index is 12.5. The maximum atomic E-state index is 12.5. The van der Waals surface area contributed by atoms with Crippen LogP contribution in [0, 0.1) is 13.8 Å². The second kappa shape index (κ2) is 8.58.